The van der Waals surface area contributed by atoms with Gasteiger partial charge in [0.1, 0.15) is 5.82 Å². The van der Waals surface area contributed by atoms with Gasteiger partial charge in [-0.3, -0.25) is 14.4 Å². The number of aliphatic carboxylic acids is 1. The van der Waals surface area contributed by atoms with Crippen molar-refractivity contribution in [3.05, 3.63) is 29.6 Å². The van der Waals surface area contributed by atoms with E-state index < -0.39 is 24.1 Å². The van der Waals surface area contributed by atoms with Crippen molar-refractivity contribution in [1.29, 1.82) is 0 Å². The lowest BCUT2D eigenvalue weighted by Crippen LogP contribution is -2.42. The molecule has 2 atom stereocenters. The molecule has 6 nitrogen and oxygen atoms in total. The predicted octanol–water partition coefficient (Wildman–Crippen LogP) is 2.82. The molecule has 1 heterocycles. The van der Waals surface area contributed by atoms with Crippen LogP contribution in [0.1, 0.15) is 44.1 Å². The maximum absolute atomic E-state index is 14.0. The van der Waals surface area contributed by atoms with Crippen molar-refractivity contribution in [1.82, 2.24) is 4.90 Å². The van der Waals surface area contributed by atoms with Crippen LogP contribution in [0.25, 0.3) is 0 Å². The molecule has 0 radical (unpaired) electrons. The Bertz CT molecular complexity index is 731. The van der Waals surface area contributed by atoms with Crippen LogP contribution in [-0.2, 0) is 20.8 Å². The van der Waals surface area contributed by atoms with Crippen LogP contribution >= 0.6 is 0 Å². The van der Waals surface area contributed by atoms with E-state index >= 15 is 0 Å². The van der Waals surface area contributed by atoms with E-state index in [4.69, 9.17) is 5.11 Å². The fourth-order valence-corrected chi connectivity index (χ4v) is 4.08. The summed E-state index contributed by atoms with van der Waals surface area (Å²) in [6, 6.07) is 4.00. The molecule has 2 unspecified atom stereocenters. The van der Waals surface area contributed by atoms with Gasteiger partial charge in [0.15, 0.2) is 0 Å². The SMILES string of the molecule is O=C(O)Cc1ccc(NC(=O)C2CCCCC2C(=O)N2CCCC2)cc1F. The van der Waals surface area contributed by atoms with Crippen LogP contribution in [0.15, 0.2) is 18.2 Å². The van der Waals surface area contributed by atoms with Crippen LogP contribution in [0.5, 0.6) is 0 Å². The van der Waals surface area contributed by atoms with Gasteiger partial charge in [-0.05, 0) is 43.4 Å². The molecule has 2 fully saturated rings. The normalized spacial score (nSPS) is 22.5. The molecule has 2 amide bonds. The Hall–Kier alpha value is -2.44. The molecule has 1 saturated carbocycles. The summed E-state index contributed by atoms with van der Waals surface area (Å²) in [5.74, 6) is -2.70. The first kappa shape index (κ1) is 19.3. The highest BCUT2D eigenvalue weighted by Gasteiger charge is 2.38. The van der Waals surface area contributed by atoms with Crippen LogP contribution in [0, 0.1) is 17.7 Å². The Labute approximate surface area is 157 Å². The number of carbonyl (C=O) groups is 3. The first-order valence-corrected chi connectivity index (χ1v) is 9.55. The minimum Gasteiger partial charge on any atom is -0.481 e. The molecular formula is C20H25FN2O4. The molecule has 1 saturated heterocycles. The smallest absolute Gasteiger partial charge is 0.307 e. The molecule has 0 spiro atoms. The molecule has 2 N–H and O–H groups in total. The number of nitrogens with zero attached hydrogens (tertiary/aromatic N) is 1. The lowest BCUT2D eigenvalue weighted by molar-refractivity contribution is -0.141. The monoisotopic (exact) mass is 376 g/mol. The average Bonchev–Trinajstić information content (AvgIpc) is 3.18. The lowest BCUT2D eigenvalue weighted by atomic mass is 9.77. The summed E-state index contributed by atoms with van der Waals surface area (Å²) in [5.41, 5.74) is 0.352. The van der Waals surface area contributed by atoms with Gasteiger partial charge in [-0.15, -0.1) is 0 Å². The third-order valence-electron chi connectivity index (χ3n) is 5.50. The van der Waals surface area contributed by atoms with Crippen molar-refractivity contribution in [2.24, 2.45) is 11.8 Å². The van der Waals surface area contributed by atoms with E-state index in [-0.39, 0.29) is 29.0 Å². The number of anilines is 1. The Kier molecular flexibility index (Phi) is 6.08. The van der Waals surface area contributed by atoms with Gasteiger partial charge >= 0.3 is 5.97 Å². The van der Waals surface area contributed by atoms with E-state index in [1.54, 1.807) is 0 Å². The Balaban J connectivity index is 1.68. The number of hydrogen-bond acceptors (Lipinski definition) is 3. The summed E-state index contributed by atoms with van der Waals surface area (Å²) in [6.45, 7) is 1.53. The van der Waals surface area contributed by atoms with E-state index in [1.807, 2.05) is 4.90 Å². The molecule has 7 heteroatoms. The molecule has 1 aromatic rings. The molecule has 0 bridgehead atoms. The highest BCUT2D eigenvalue weighted by atomic mass is 19.1. The number of hydrogen-bond donors (Lipinski definition) is 2. The van der Waals surface area contributed by atoms with Crippen LogP contribution in [0.3, 0.4) is 0 Å². The van der Waals surface area contributed by atoms with Gasteiger partial charge in [-0.25, -0.2) is 4.39 Å². The minimum atomic E-state index is -1.11. The zero-order valence-electron chi connectivity index (χ0n) is 15.2. The number of carbonyl (C=O) groups excluding carboxylic acids is 2. The molecule has 3 rings (SSSR count). The molecule has 1 aromatic carbocycles. The first-order valence-electron chi connectivity index (χ1n) is 9.55. The Morgan fingerprint density at radius 3 is 2.37 bits per heavy atom. The van der Waals surface area contributed by atoms with Crippen LogP contribution < -0.4 is 5.32 Å². The van der Waals surface area contributed by atoms with E-state index in [0.717, 1.165) is 44.8 Å². The van der Waals surface area contributed by atoms with E-state index in [1.165, 1.54) is 12.1 Å². The average molecular weight is 376 g/mol. The first-order chi connectivity index (χ1) is 13.0. The van der Waals surface area contributed by atoms with Crippen molar-refractivity contribution in [3.63, 3.8) is 0 Å². The number of halogens is 1. The summed E-state index contributed by atoms with van der Waals surface area (Å²) in [5, 5.41) is 11.5. The van der Waals surface area contributed by atoms with Gasteiger partial charge in [-0.1, -0.05) is 18.9 Å². The molecule has 0 aromatic heterocycles. The number of likely N-dealkylation sites (tertiary alicyclic amines) is 1. The topological polar surface area (TPSA) is 86.7 Å². The Morgan fingerprint density at radius 2 is 1.74 bits per heavy atom. The number of nitrogens with one attached hydrogen (secondary N) is 1. The van der Waals surface area contributed by atoms with Gasteiger partial charge in [0, 0.05) is 30.6 Å². The Morgan fingerprint density at radius 1 is 1.07 bits per heavy atom. The molecular weight excluding hydrogens is 351 g/mol. The molecule has 2 aliphatic rings. The largest absolute Gasteiger partial charge is 0.481 e. The summed E-state index contributed by atoms with van der Waals surface area (Å²) >= 11 is 0. The van der Waals surface area contributed by atoms with E-state index in [9.17, 15) is 18.8 Å². The summed E-state index contributed by atoms with van der Waals surface area (Å²) in [4.78, 5) is 38.2. The number of carboxylic acids is 1. The zero-order chi connectivity index (χ0) is 19.4. The second-order valence-electron chi connectivity index (χ2n) is 7.40. The third kappa shape index (κ3) is 4.64. The van der Waals surface area contributed by atoms with E-state index in [0.29, 0.717) is 12.8 Å². The minimum absolute atomic E-state index is 0.0651. The van der Waals surface area contributed by atoms with Crippen molar-refractivity contribution < 1.29 is 23.9 Å². The summed E-state index contributed by atoms with van der Waals surface area (Å²) < 4.78 is 14.0. The van der Waals surface area contributed by atoms with Gasteiger partial charge < -0.3 is 15.3 Å². The maximum atomic E-state index is 14.0. The quantitative estimate of drug-likeness (QED) is 0.827. The number of benzene rings is 1. The fraction of sp³-hybridized carbons (Fsp3) is 0.550. The number of amides is 2. The fourth-order valence-electron chi connectivity index (χ4n) is 4.08. The summed E-state index contributed by atoms with van der Waals surface area (Å²) in [7, 11) is 0. The van der Waals surface area contributed by atoms with Crippen molar-refractivity contribution in [3.8, 4) is 0 Å². The van der Waals surface area contributed by atoms with E-state index in [2.05, 4.69) is 5.32 Å². The van der Waals surface area contributed by atoms with Gasteiger partial charge in [-0.2, -0.15) is 0 Å². The van der Waals surface area contributed by atoms with Crippen molar-refractivity contribution in [2.45, 2.75) is 44.9 Å². The molecule has 27 heavy (non-hydrogen) atoms. The van der Waals surface area contributed by atoms with Crippen molar-refractivity contribution >= 4 is 23.5 Å². The predicted molar refractivity (Wildman–Crippen MR) is 97.6 cm³/mol. The van der Waals surface area contributed by atoms with Gasteiger partial charge in [0.2, 0.25) is 11.8 Å². The highest BCUT2D eigenvalue weighted by molar-refractivity contribution is 5.96. The number of rotatable bonds is 5. The zero-order valence-corrected chi connectivity index (χ0v) is 15.2. The molecule has 146 valence electrons. The van der Waals surface area contributed by atoms with Crippen LogP contribution in [0.2, 0.25) is 0 Å². The van der Waals surface area contributed by atoms with Gasteiger partial charge in [0.25, 0.3) is 0 Å². The number of carboxylic acid groups (broad SMARTS) is 1. The second-order valence-corrected chi connectivity index (χ2v) is 7.40. The molecule has 1 aliphatic carbocycles. The molecule has 1 aliphatic heterocycles. The van der Waals surface area contributed by atoms with Crippen LogP contribution in [0.4, 0.5) is 10.1 Å². The van der Waals surface area contributed by atoms with Crippen LogP contribution in [-0.4, -0.2) is 40.9 Å². The third-order valence-corrected chi connectivity index (χ3v) is 5.50. The van der Waals surface area contributed by atoms with Gasteiger partial charge in [0.05, 0.1) is 6.42 Å². The lowest BCUT2D eigenvalue weighted by Gasteiger charge is -2.32. The maximum Gasteiger partial charge on any atom is 0.307 e. The second kappa shape index (κ2) is 8.50. The highest BCUT2D eigenvalue weighted by Crippen LogP contribution is 2.33. The van der Waals surface area contributed by atoms with Crippen molar-refractivity contribution in [2.75, 3.05) is 18.4 Å². The summed E-state index contributed by atoms with van der Waals surface area (Å²) in [6.07, 6.45) is 4.80. The standard InChI is InChI=1S/C20H25FN2O4/c21-17-12-14(8-7-13(17)11-18(24)25)22-19(26)15-5-1-2-6-16(15)20(27)23-9-3-4-10-23/h7-8,12,15-16H,1-6,9-11H2,(H,22,26)(H,24,25).